The standard InChI is InChI=1S/C30H33F3N2O4S/c1-4-40(37,38)26-15-5-21(6-16-26)17-34-29(36)23-9-13-25(14-10-23)35-18-28(39-19-27(35)20(2)3)22-7-11-24(12-8-22)30(31,32)33/h5-16,20,27-28H,4,17-19H2,1-3H3,(H,34,36). The van der Waals surface area contributed by atoms with E-state index in [0.717, 1.165) is 23.4 Å². The van der Waals surface area contributed by atoms with E-state index in [4.69, 9.17) is 4.74 Å². The predicted molar refractivity (Wildman–Crippen MR) is 148 cm³/mol. The Kier molecular flexibility index (Phi) is 8.90. The van der Waals surface area contributed by atoms with Crippen molar-refractivity contribution in [2.45, 2.75) is 50.5 Å². The molecule has 1 fully saturated rings. The Labute approximate surface area is 233 Å². The van der Waals surface area contributed by atoms with Gasteiger partial charge in [-0.25, -0.2) is 8.42 Å². The first-order valence-corrected chi connectivity index (χ1v) is 14.8. The Bertz CT molecular complexity index is 1410. The first kappa shape index (κ1) is 29.6. The third-order valence-corrected chi connectivity index (χ3v) is 8.94. The maximum atomic E-state index is 13.0. The van der Waals surface area contributed by atoms with Crippen LogP contribution in [0.5, 0.6) is 0 Å². The number of morpholine rings is 1. The van der Waals surface area contributed by atoms with Crippen molar-refractivity contribution >= 4 is 21.4 Å². The van der Waals surface area contributed by atoms with Crippen LogP contribution in [-0.4, -0.2) is 39.3 Å². The predicted octanol–water partition coefficient (Wildman–Crippen LogP) is 6.03. The van der Waals surface area contributed by atoms with Crippen LogP contribution in [0, 0.1) is 5.92 Å². The lowest BCUT2D eigenvalue weighted by Crippen LogP contribution is -2.49. The molecule has 2 atom stereocenters. The van der Waals surface area contributed by atoms with Gasteiger partial charge in [0.15, 0.2) is 9.84 Å². The van der Waals surface area contributed by atoms with Crippen molar-refractivity contribution in [1.82, 2.24) is 5.32 Å². The van der Waals surface area contributed by atoms with Gasteiger partial charge in [0.2, 0.25) is 0 Å². The smallest absolute Gasteiger partial charge is 0.370 e. The van der Waals surface area contributed by atoms with E-state index >= 15 is 0 Å². The number of hydrogen-bond donors (Lipinski definition) is 1. The Morgan fingerprint density at radius 1 is 1.00 bits per heavy atom. The largest absolute Gasteiger partial charge is 0.416 e. The van der Waals surface area contributed by atoms with Crippen molar-refractivity contribution in [3.05, 3.63) is 95.1 Å². The zero-order valence-electron chi connectivity index (χ0n) is 22.6. The van der Waals surface area contributed by atoms with Crippen LogP contribution < -0.4 is 10.2 Å². The van der Waals surface area contributed by atoms with Crippen molar-refractivity contribution in [3.8, 4) is 0 Å². The average molecular weight is 575 g/mol. The molecule has 2 unspecified atom stereocenters. The number of rotatable bonds is 8. The lowest BCUT2D eigenvalue weighted by Gasteiger charge is -2.43. The van der Waals surface area contributed by atoms with E-state index in [-0.39, 0.29) is 41.2 Å². The Hall–Kier alpha value is -3.37. The zero-order chi connectivity index (χ0) is 29.1. The summed E-state index contributed by atoms with van der Waals surface area (Å²) in [5, 5.41) is 2.86. The van der Waals surface area contributed by atoms with Crippen molar-refractivity contribution < 1.29 is 31.1 Å². The van der Waals surface area contributed by atoms with E-state index in [1.54, 1.807) is 43.3 Å². The molecule has 10 heteroatoms. The number of alkyl halides is 3. The molecule has 40 heavy (non-hydrogen) atoms. The first-order valence-electron chi connectivity index (χ1n) is 13.1. The molecule has 1 aliphatic rings. The number of benzene rings is 3. The second-order valence-corrected chi connectivity index (χ2v) is 12.5. The minimum Gasteiger partial charge on any atom is -0.370 e. The molecule has 1 N–H and O–H groups in total. The molecule has 0 bridgehead atoms. The van der Waals surface area contributed by atoms with Gasteiger partial charge in [-0.05, 0) is 65.6 Å². The van der Waals surface area contributed by atoms with Gasteiger partial charge in [0, 0.05) is 24.3 Å². The van der Waals surface area contributed by atoms with Gasteiger partial charge in [0.05, 0.1) is 28.9 Å². The summed E-state index contributed by atoms with van der Waals surface area (Å²) in [6.45, 7) is 6.90. The van der Waals surface area contributed by atoms with Gasteiger partial charge in [0.25, 0.3) is 5.91 Å². The van der Waals surface area contributed by atoms with Crippen LogP contribution in [0.25, 0.3) is 0 Å². The van der Waals surface area contributed by atoms with Crippen LogP contribution >= 0.6 is 0 Å². The topological polar surface area (TPSA) is 75.7 Å². The Morgan fingerprint density at radius 2 is 1.62 bits per heavy atom. The van der Waals surface area contributed by atoms with Crippen LogP contribution in [0.2, 0.25) is 0 Å². The highest BCUT2D eigenvalue weighted by atomic mass is 32.2. The molecule has 0 saturated carbocycles. The van der Waals surface area contributed by atoms with Crippen molar-refractivity contribution in [3.63, 3.8) is 0 Å². The lowest BCUT2D eigenvalue weighted by atomic mass is 9.97. The maximum absolute atomic E-state index is 13.0. The van der Waals surface area contributed by atoms with Crippen molar-refractivity contribution in [2.24, 2.45) is 5.92 Å². The van der Waals surface area contributed by atoms with E-state index in [1.165, 1.54) is 12.1 Å². The molecule has 1 heterocycles. The Balaban J connectivity index is 1.43. The SMILES string of the molecule is CCS(=O)(=O)c1ccc(CNC(=O)c2ccc(N3CC(c4ccc(C(F)(F)F)cc4)OCC3C(C)C)cc2)cc1. The van der Waals surface area contributed by atoms with Crippen LogP contribution in [0.1, 0.15) is 53.9 Å². The number of nitrogens with one attached hydrogen (secondary N) is 1. The quantitative estimate of drug-likeness (QED) is 0.356. The molecule has 0 aromatic heterocycles. The number of carbonyl (C=O) groups is 1. The first-order chi connectivity index (χ1) is 18.9. The minimum absolute atomic E-state index is 0.0250. The maximum Gasteiger partial charge on any atom is 0.416 e. The summed E-state index contributed by atoms with van der Waals surface area (Å²) in [7, 11) is -3.28. The summed E-state index contributed by atoms with van der Waals surface area (Å²) in [5.74, 6) is 0.0222. The number of ether oxygens (including phenoxy) is 1. The molecular formula is C30H33F3N2O4S. The van der Waals surface area contributed by atoms with Crippen molar-refractivity contribution in [1.29, 1.82) is 0 Å². The fourth-order valence-electron chi connectivity index (χ4n) is 4.68. The minimum atomic E-state index is -4.39. The molecule has 6 nitrogen and oxygen atoms in total. The Morgan fingerprint density at radius 3 is 2.17 bits per heavy atom. The molecule has 1 aliphatic heterocycles. The lowest BCUT2D eigenvalue weighted by molar-refractivity contribution is -0.137. The number of amides is 1. The summed E-state index contributed by atoms with van der Waals surface area (Å²) in [6.07, 6.45) is -4.78. The molecule has 0 aliphatic carbocycles. The number of carbonyl (C=O) groups excluding carboxylic acids is 1. The van der Waals surface area contributed by atoms with Gasteiger partial charge in [-0.15, -0.1) is 0 Å². The third kappa shape index (κ3) is 6.85. The van der Waals surface area contributed by atoms with Crippen LogP contribution in [-0.2, 0) is 27.3 Å². The van der Waals surface area contributed by atoms with E-state index in [0.29, 0.717) is 24.3 Å². The summed E-state index contributed by atoms with van der Waals surface area (Å²) >= 11 is 0. The molecule has 3 aromatic carbocycles. The van der Waals surface area contributed by atoms with Crippen LogP contribution in [0.3, 0.4) is 0 Å². The third-order valence-electron chi connectivity index (χ3n) is 7.19. The number of sulfone groups is 1. The normalized spacial score (nSPS) is 18.1. The summed E-state index contributed by atoms with van der Waals surface area (Å²) in [6, 6.07) is 18.8. The van der Waals surface area contributed by atoms with E-state index in [1.807, 2.05) is 12.1 Å². The molecule has 0 spiro atoms. The van der Waals surface area contributed by atoms with Crippen LogP contribution in [0.4, 0.5) is 18.9 Å². The highest BCUT2D eigenvalue weighted by molar-refractivity contribution is 7.91. The van der Waals surface area contributed by atoms with Gasteiger partial charge in [-0.1, -0.05) is 45.0 Å². The molecule has 3 aromatic rings. The molecule has 4 rings (SSSR count). The van der Waals surface area contributed by atoms with E-state index in [2.05, 4.69) is 24.1 Å². The number of halogens is 3. The van der Waals surface area contributed by atoms with Gasteiger partial charge >= 0.3 is 6.18 Å². The highest BCUT2D eigenvalue weighted by Crippen LogP contribution is 2.34. The number of nitrogens with zero attached hydrogens (tertiary/aromatic N) is 1. The van der Waals surface area contributed by atoms with Gasteiger partial charge < -0.3 is 15.0 Å². The second-order valence-electron chi connectivity index (χ2n) is 10.2. The fourth-order valence-corrected chi connectivity index (χ4v) is 5.56. The molecule has 1 amide bonds. The second kappa shape index (κ2) is 12.0. The zero-order valence-corrected chi connectivity index (χ0v) is 23.4. The fraction of sp³-hybridized carbons (Fsp3) is 0.367. The summed E-state index contributed by atoms with van der Waals surface area (Å²) in [5.41, 5.74) is 2.13. The summed E-state index contributed by atoms with van der Waals surface area (Å²) < 4.78 is 69.0. The highest BCUT2D eigenvalue weighted by Gasteiger charge is 2.33. The number of hydrogen-bond acceptors (Lipinski definition) is 5. The van der Waals surface area contributed by atoms with E-state index < -0.39 is 21.6 Å². The van der Waals surface area contributed by atoms with Gasteiger partial charge in [-0.3, -0.25) is 4.79 Å². The molecule has 214 valence electrons. The monoisotopic (exact) mass is 574 g/mol. The molecule has 0 radical (unpaired) electrons. The average Bonchev–Trinajstić information content (AvgIpc) is 2.95. The van der Waals surface area contributed by atoms with E-state index in [9.17, 15) is 26.4 Å². The molecular weight excluding hydrogens is 541 g/mol. The molecule has 1 saturated heterocycles. The van der Waals surface area contributed by atoms with Gasteiger partial charge in [0.1, 0.15) is 6.10 Å². The van der Waals surface area contributed by atoms with Gasteiger partial charge in [-0.2, -0.15) is 13.2 Å². The van der Waals surface area contributed by atoms with Crippen LogP contribution in [0.15, 0.2) is 77.7 Å². The number of anilines is 1. The summed E-state index contributed by atoms with van der Waals surface area (Å²) in [4.78, 5) is 15.2. The van der Waals surface area contributed by atoms with Crippen molar-refractivity contribution in [2.75, 3.05) is 23.8 Å².